The Morgan fingerprint density at radius 1 is 1.38 bits per heavy atom. The van der Waals surface area contributed by atoms with Gasteiger partial charge in [-0.05, 0) is 25.5 Å². The Morgan fingerprint density at radius 2 is 2.12 bits per heavy atom. The van der Waals surface area contributed by atoms with Crippen LogP contribution >= 0.6 is 23.2 Å². The van der Waals surface area contributed by atoms with E-state index in [1.807, 2.05) is 25.1 Å². The highest BCUT2D eigenvalue weighted by molar-refractivity contribution is 6.33. The first-order valence-corrected chi connectivity index (χ1v) is 5.64. The Morgan fingerprint density at radius 3 is 2.75 bits per heavy atom. The summed E-state index contributed by atoms with van der Waals surface area (Å²) in [5.74, 6) is 0.866. The molecule has 0 radical (unpaired) electrons. The van der Waals surface area contributed by atoms with Crippen molar-refractivity contribution in [2.45, 2.75) is 19.2 Å². The number of aryl methyl sites for hydroxylation is 1. The normalized spacial score (nSPS) is 12.8. The van der Waals surface area contributed by atoms with Gasteiger partial charge < -0.3 is 4.52 Å². The van der Waals surface area contributed by atoms with Gasteiger partial charge in [0.15, 0.2) is 5.82 Å². The number of aromatic nitrogens is 2. The molecular weight excluding hydrogens is 247 g/mol. The van der Waals surface area contributed by atoms with Crippen LogP contribution in [0.15, 0.2) is 22.7 Å². The van der Waals surface area contributed by atoms with Crippen LogP contribution in [0.4, 0.5) is 0 Å². The molecule has 0 unspecified atom stereocenters. The summed E-state index contributed by atoms with van der Waals surface area (Å²) in [7, 11) is 0. The van der Waals surface area contributed by atoms with Gasteiger partial charge in [0, 0.05) is 0 Å². The molecule has 0 N–H and O–H groups in total. The molecule has 1 aromatic carbocycles. The lowest BCUT2D eigenvalue weighted by Gasteiger charge is -2.01. The maximum absolute atomic E-state index is 6.16. The lowest BCUT2D eigenvalue weighted by molar-refractivity contribution is 0.422. The fourth-order valence-electron chi connectivity index (χ4n) is 1.32. The van der Waals surface area contributed by atoms with Gasteiger partial charge in [0.05, 0.1) is 16.0 Å². The second kappa shape index (κ2) is 4.44. The van der Waals surface area contributed by atoms with E-state index in [4.69, 9.17) is 27.7 Å². The van der Waals surface area contributed by atoms with E-state index in [0.29, 0.717) is 16.7 Å². The van der Waals surface area contributed by atoms with Crippen molar-refractivity contribution in [3.8, 4) is 11.5 Å². The second-order valence-corrected chi connectivity index (χ2v) is 4.54. The van der Waals surface area contributed by atoms with E-state index in [2.05, 4.69) is 10.1 Å². The summed E-state index contributed by atoms with van der Waals surface area (Å²) in [6.07, 6.45) is 0. The van der Waals surface area contributed by atoms with Crippen molar-refractivity contribution in [3.05, 3.63) is 34.6 Å². The van der Waals surface area contributed by atoms with Gasteiger partial charge in [0.25, 0.3) is 5.89 Å². The van der Waals surface area contributed by atoms with Crippen LogP contribution in [0.1, 0.15) is 23.7 Å². The summed E-state index contributed by atoms with van der Waals surface area (Å²) >= 11 is 12.0. The number of halogens is 2. The molecule has 0 bridgehead atoms. The summed E-state index contributed by atoms with van der Waals surface area (Å²) in [6.45, 7) is 3.71. The van der Waals surface area contributed by atoms with E-state index in [1.54, 1.807) is 6.92 Å². The van der Waals surface area contributed by atoms with Crippen molar-refractivity contribution in [1.29, 1.82) is 0 Å². The van der Waals surface area contributed by atoms with Crippen LogP contribution in [0.3, 0.4) is 0 Å². The first-order chi connectivity index (χ1) is 7.59. The summed E-state index contributed by atoms with van der Waals surface area (Å²) in [5, 5.41) is 4.13. The maximum Gasteiger partial charge on any atom is 0.259 e. The van der Waals surface area contributed by atoms with Crippen molar-refractivity contribution in [3.63, 3.8) is 0 Å². The van der Waals surface area contributed by atoms with E-state index < -0.39 is 0 Å². The van der Waals surface area contributed by atoms with Gasteiger partial charge in [0.1, 0.15) is 0 Å². The standard InChI is InChI=1S/C11H10Cl2N2O/c1-6-4-3-5-8(9(6)13)11-14-10(7(2)12)15-16-11/h3-5,7H,1-2H3/t7-/m0/s1. The zero-order chi connectivity index (χ0) is 11.7. The summed E-state index contributed by atoms with van der Waals surface area (Å²) < 4.78 is 5.12. The maximum atomic E-state index is 6.16. The van der Waals surface area contributed by atoms with E-state index >= 15 is 0 Å². The van der Waals surface area contributed by atoms with Crippen molar-refractivity contribution in [2.24, 2.45) is 0 Å². The highest BCUT2D eigenvalue weighted by Crippen LogP contribution is 2.30. The number of rotatable bonds is 2. The summed E-state index contributed by atoms with van der Waals surface area (Å²) in [6, 6.07) is 5.66. The molecule has 0 aliphatic rings. The molecule has 84 valence electrons. The largest absolute Gasteiger partial charge is 0.334 e. The predicted molar refractivity (Wildman–Crippen MR) is 63.7 cm³/mol. The minimum atomic E-state index is -0.277. The predicted octanol–water partition coefficient (Wildman–Crippen LogP) is 4.00. The van der Waals surface area contributed by atoms with Gasteiger partial charge in [0.2, 0.25) is 0 Å². The third kappa shape index (κ3) is 2.06. The molecule has 5 heteroatoms. The Hall–Kier alpha value is -1.06. The molecule has 1 atom stereocenters. The highest BCUT2D eigenvalue weighted by atomic mass is 35.5. The third-order valence-electron chi connectivity index (χ3n) is 2.22. The number of alkyl halides is 1. The summed E-state index contributed by atoms with van der Waals surface area (Å²) in [5.41, 5.74) is 1.70. The lowest BCUT2D eigenvalue weighted by atomic mass is 10.1. The quantitative estimate of drug-likeness (QED) is 0.763. The fourth-order valence-corrected chi connectivity index (χ4v) is 1.61. The topological polar surface area (TPSA) is 38.9 Å². The van der Waals surface area contributed by atoms with Crippen LogP contribution < -0.4 is 0 Å². The molecule has 0 aliphatic heterocycles. The van der Waals surface area contributed by atoms with Gasteiger partial charge in [-0.3, -0.25) is 0 Å². The van der Waals surface area contributed by atoms with Crippen LogP contribution in [0.2, 0.25) is 5.02 Å². The minimum absolute atomic E-state index is 0.277. The molecule has 0 amide bonds. The van der Waals surface area contributed by atoms with E-state index in [-0.39, 0.29) is 5.38 Å². The van der Waals surface area contributed by atoms with Gasteiger partial charge in [-0.2, -0.15) is 4.98 Å². The molecule has 0 aliphatic carbocycles. The van der Waals surface area contributed by atoms with Gasteiger partial charge in [-0.25, -0.2) is 0 Å². The number of hydrogen-bond acceptors (Lipinski definition) is 3. The fraction of sp³-hybridized carbons (Fsp3) is 0.273. The molecule has 0 saturated heterocycles. The first kappa shape index (κ1) is 11.4. The van der Waals surface area contributed by atoms with Crippen molar-refractivity contribution in [1.82, 2.24) is 10.1 Å². The molecule has 0 spiro atoms. The Bertz CT molecular complexity index is 508. The Balaban J connectivity index is 2.47. The molecular formula is C11H10Cl2N2O. The molecule has 2 aromatic rings. The van der Waals surface area contributed by atoms with Gasteiger partial charge >= 0.3 is 0 Å². The molecule has 1 aromatic heterocycles. The zero-order valence-corrected chi connectivity index (χ0v) is 10.4. The van der Waals surface area contributed by atoms with E-state index in [1.165, 1.54) is 0 Å². The van der Waals surface area contributed by atoms with Crippen molar-refractivity contribution >= 4 is 23.2 Å². The molecule has 2 rings (SSSR count). The van der Waals surface area contributed by atoms with Crippen LogP contribution in [-0.2, 0) is 0 Å². The Labute approximate surface area is 103 Å². The van der Waals surface area contributed by atoms with Crippen LogP contribution in [-0.4, -0.2) is 10.1 Å². The number of nitrogens with zero attached hydrogens (tertiary/aromatic N) is 2. The lowest BCUT2D eigenvalue weighted by Crippen LogP contribution is -1.87. The molecule has 16 heavy (non-hydrogen) atoms. The second-order valence-electron chi connectivity index (χ2n) is 3.51. The molecule has 0 saturated carbocycles. The molecule has 1 heterocycles. The minimum Gasteiger partial charge on any atom is -0.334 e. The van der Waals surface area contributed by atoms with E-state index in [9.17, 15) is 0 Å². The molecule has 0 fully saturated rings. The molecule has 3 nitrogen and oxygen atoms in total. The Kier molecular flexibility index (Phi) is 3.17. The average molecular weight is 257 g/mol. The van der Waals surface area contributed by atoms with Gasteiger partial charge in [-0.15, -0.1) is 11.6 Å². The first-order valence-electron chi connectivity index (χ1n) is 4.82. The average Bonchev–Trinajstić information content (AvgIpc) is 2.71. The van der Waals surface area contributed by atoms with Crippen molar-refractivity contribution in [2.75, 3.05) is 0 Å². The third-order valence-corrected chi connectivity index (χ3v) is 2.92. The van der Waals surface area contributed by atoms with Crippen LogP contribution in [0.5, 0.6) is 0 Å². The van der Waals surface area contributed by atoms with E-state index in [0.717, 1.165) is 11.1 Å². The van der Waals surface area contributed by atoms with Gasteiger partial charge in [-0.1, -0.05) is 28.9 Å². The number of benzene rings is 1. The smallest absolute Gasteiger partial charge is 0.259 e. The monoisotopic (exact) mass is 256 g/mol. The highest BCUT2D eigenvalue weighted by Gasteiger charge is 2.15. The SMILES string of the molecule is Cc1cccc(-c2nc([C@H](C)Cl)no2)c1Cl. The summed E-state index contributed by atoms with van der Waals surface area (Å²) in [4.78, 5) is 4.19. The van der Waals surface area contributed by atoms with Crippen LogP contribution in [0, 0.1) is 6.92 Å². The van der Waals surface area contributed by atoms with Crippen LogP contribution in [0.25, 0.3) is 11.5 Å². The number of hydrogen-bond donors (Lipinski definition) is 0. The zero-order valence-electron chi connectivity index (χ0n) is 8.87. The van der Waals surface area contributed by atoms with Crippen molar-refractivity contribution < 1.29 is 4.52 Å².